The summed E-state index contributed by atoms with van der Waals surface area (Å²) in [7, 11) is 0. The smallest absolute Gasteiger partial charge is 0.750 e. The van der Waals surface area contributed by atoms with E-state index in [1.807, 2.05) is 0 Å². The van der Waals surface area contributed by atoms with Crippen molar-refractivity contribution < 1.29 is 42.5 Å². The van der Waals surface area contributed by atoms with Crippen molar-refractivity contribution in [3.8, 4) is 0 Å². The molecule has 0 aromatic heterocycles. The molecule has 0 aliphatic carbocycles. The molecule has 1 N–H and O–H groups in total. The van der Waals surface area contributed by atoms with Crippen LogP contribution >= 0.6 is 0 Å². The molecule has 1 unspecified atom stereocenters. The van der Waals surface area contributed by atoms with Crippen LogP contribution in [-0.2, 0) is 15.5 Å². The summed E-state index contributed by atoms with van der Waals surface area (Å²) in [4.78, 5) is 0. The number of rotatable bonds is 15. The van der Waals surface area contributed by atoms with E-state index in [2.05, 4.69) is 16.4 Å². The molecule has 0 bridgehead atoms. The first kappa shape index (κ1) is 23.3. The molecular formula is C14H30NNaO3S. The maximum absolute atomic E-state index is 10.1. The molecule has 0 fully saturated rings. The fourth-order valence-electron chi connectivity index (χ4n) is 2.04. The molecule has 0 spiro atoms. The molecule has 0 saturated carbocycles. The zero-order valence-electron chi connectivity index (χ0n) is 13.3. The minimum absolute atomic E-state index is 0. The van der Waals surface area contributed by atoms with Gasteiger partial charge in [-0.15, -0.1) is 0 Å². The molecule has 4 nitrogen and oxygen atoms in total. The number of nitrogens with one attached hydrogen (secondary N) is 1. The molecular weight excluding hydrogens is 285 g/mol. The average molecular weight is 315 g/mol. The molecule has 0 amide bonds. The van der Waals surface area contributed by atoms with Gasteiger partial charge in [-0.2, -0.15) is 0 Å². The van der Waals surface area contributed by atoms with E-state index in [0.29, 0.717) is 6.54 Å². The molecule has 1 atom stereocenters. The fourth-order valence-corrected chi connectivity index (χ4v) is 2.26. The minimum Gasteiger partial charge on any atom is -0.750 e. The van der Waals surface area contributed by atoms with Gasteiger partial charge >= 0.3 is 29.6 Å². The number of unbranched alkanes of at least 4 members (excludes halogenated alkanes) is 9. The maximum Gasteiger partial charge on any atom is 1.00 e. The predicted octanol–water partition coefficient (Wildman–Crippen LogP) is 0.312. The van der Waals surface area contributed by atoms with E-state index in [1.165, 1.54) is 57.8 Å². The van der Waals surface area contributed by atoms with Gasteiger partial charge in [-0.1, -0.05) is 64.7 Å². The normalized spacial score (nSPS) is 12.1. The van der Waals surface area contributed by atoms with Gasteiger partial charge in [-0.3, -0.25) is 4.18 Å². The van der Waals surface area contributed by atoms with Crippen LogP contribution in [0.3, 0.4) is 0 Å². The van der Waals surface area contributed by atoms with Crippen molar-refractivity contribution in [1.82, 2.24) is 5.32 Å². The molecule has 6 heteroatoms. The Hall–Kier alpha value is 1.03. The van der Waals surface area contributed by atoms with E-state index < -0.39 is 11.4 Å². The summed E-state index contributed by atoms with van der Waals surface area (Å²) >= 11 is -2.37. The largest absolute Gasteiger partial charge is 1.00 e. The Morgan fingerprint density at radius 1 is 0.900 bits per heavy atom. The topological polar surface area (TPSA) is 61.4 Å². The van der Waals surface area contributed by atoms with Crippen LogP contribution < -0.4 is 34.9 Å². The van der Waals surface area contributed by atoms with Gasteiger partial charge in [-0.05, 0) is 13.0 Å². The quantitative estimate of drug-likeness (QED) is 0.268. The van der Waals surface area contributed by atoms with E-state index in [4.69, 9.17) is 0 Å². The summed E-state index contributed by atoms with van der Waals surface area (Å²) in [5, 5.41) is 3.17. The van der Waals surface area contributed by atoms with Crippen molar-refractivity contribution in [2.24, 2.45) is 0 Å². The van der Waals surface area contributed by atoms with Gasteiger partial charge in [0.25, 0.3) is 0 Å². The molecule has 0 aliphatic rings. The standard InChI is InChI=1S/C14H31NO3S.Na/c1-2-3-4-5-6-7-8-9-10-11-12-15-13-14-18-19(16)17;/h15H,2-14H2,1H3,(H,16,17);/q;+1/p-1. The van der Waals surface area contributed by atoms with Gasteiger partial charge in [0.05, 0.1) is 18.0 Å². The molecule has 0 aliphatic heterocycles. The molecule has 0 saturated heterocycles. The number of hydrogen-bond donors (Lipinski definition) is 1. The summed E-state index contributed by atoms with van der Waals surface area (Å²) < 4.78 is 24.5. The van der Waals surface area contributed by atoms with Crippen LogP contribution in [0.4, 0.5) is 0 Å². The SMILES string of the molecule is CCCCCCCCCCCCNCCOS(=O)[O-].[Na+]. The van der Waals surface area contributed by atoms with Crippen molar-refractivity contribution in [2.45, 2.75) is 71.1 Å². The second-order valence-corrected chi connectivity index (χ2v) is 5.60. The Kier molecular flexibility index (Phi) is 23.3. The van der Waals surface area contributed by atoms with Crippen molar-refractivity contribution >= 4 is 11.4 Å². The van der Waals surface area contributed by atoms with Gasteiger partial charge in [0.15, 0.2) is 0 Å². The molecule has 0 aromatic carbocycles. The van der Waals surface area contributed by atoms with Crippen molar-refractivity contribution in [2.75, 3.05) is 19.7 Å². The molecule has 0 radical (unpaired) electrons. The van der Waals surface area contributed by atoms with E-state index in [1.54, 1.807) is 0 Å². The Morgan fingerprint density at radius 3 is 1.90 bits per heavy atom. The Labute approximate surface area is 149 Å². The molecule has 0 heterocycles. The van der Waals surface area contributed by atoms with E-state index in [-0.39, 0.29) is 36.2 Å². The summed E-state index contributed by atoms with van der Waals surface area (Å²) in [6.07, 6.45) is 13.4. The molecule has 20 heavy (non-hydrogen) atoms. The van der Waals surface area contributed by atoms with Crippen molar-refractivity contribution in [3.05, 3.63) is 0 Å². The first-order valence-corrected chi connectivity index (χ1v) is 8.70. The first-order valence-electron chi connectivity index (χ1n) is 7.70. The second kappa shape index (κ2) is 20.0. The van der Waals surface area contributed by atoms with Gasteiger partial charge in [0, 0.05) is 6.54 Å². The Balaban J connectivity index is 0. The van der Waals surface area contributed by atoms with Crippen LogP contribution in [0, 0.1) is 0 Å². The third kappa shape index (κ3) is 21.3. The van der Waals surface area contributed by atoms with Gasteiger partial charge in [0.1, 0.15) is 0 Å². The van der Waals surface area contributed by atoms with E-state index in [0.717, 1.165) is 13.0 Å². The van der Waals surface area contributed by atoms with Gasteiger partial charge in [0.2, 0.25) is 0 Å². The van der Waals surface area contributed by atoms with Crippen molar-refractivity contribution in [1.29, 1.82) is 0 Å². The summed E-state index contributed by atoms with van der Waals surface area (Å²) in [6, 6.07) is 0. The van der Waals surface area contributed by atoms with Gasteiger partial charge < -0.3 is 9.87 Å². The number of hydrogen-bond acceptors (Lipinski definition) is 4. The Morgan fingerprint density at radius 2 is 1.40 bits per heavy atom. The van der Waals surface area contributed by atoms with E-state index in [9.17, 15) is 8.76 Å². The summed E-state index contributed by atoms with van der Waals surface area (Å²) in [5.74, 6) is 0. The zero-order valence-corrected chi connectivity index (χ0v) is 16.1. The van der Waals surface area contributed by atoms with Gasteiger partial charge in [-0.25, -0.2) is 4.21 Å². The molecule has 0 aromatic rings. The second-order valence-electron chi connectivity index (χ2n) is 4.96. The van der Waals surface area contributed by atoms with Crippen molar-refractivity contribution in [3.63, 3.8) is 0 Å². The fraction of sp³-hybridized carbons (Fsp3) is 1.00. The van der Waals surface area contributed by atoms with Crippen LogP contribution in [0.15, 0.2) is 0 Å². The third-order valence-electron chi connectivity index (χ3n) is 3.17. The Bertz CT molecular complexity index is 209. The van der Waals surface area contributed by atoms with E-state index >= 15 is 0 Å². The zero-order chi connectivity index (χ0) is 14.2. The van der Waals surface area contributed by atoms with Crippen LogP contribution in [0.2, 0.25) is 0 Å². The summed E-state index contributed by atoms with van der Waals surface area (Å²) in [6.45, 7) is 4.03. The summed E-state index contributed by atoms with van der Waals surface area (Å²) in [5.41, 5.74) is 0. The average Bonchev–Trinajstić information content (AvgIpc) is 2.39. The minimum atomic E-state index is -2.37. The molecule has 0 rings (SSSR count). The monoisotopic (exact) mass is 315 g/mol. The maximum atomic E-state index is 10.1. The van der Waals surface area contributed by atoms with Crippen LogP contribution in [0.5, 0.6) is 0 Å². The predicted molar refractivity (Wildman–Crippen MR) is 79.6 cm³/mol. The van der Waals surface area contributed by atoms with Crippen LogP contribution in [0.1, 0.15) is 71.1 Å². The third-order valence-corrected chi connectivity index (χ3v) is 3.52. The first-order chi connectivity index (χ1) is 9.27. The van der Waals surface area contributed by atoms with Crippen LogP contribution in [0.25, 0.3) is 0 Å². The molecule has 116 valence electrons. The van der Waals surface area contributed by atoms with Crippen LogP contribution in [-0.4, -0.2) is 28.5 Å².